The van der Waals surface area contributed by atoms with Crippen molar-refractivity contribution in [1.29, 1.82) is 0 Å². The molecular formula is C26H24N8OS. The van der Waals surface area contributed by atoms with Crippen molar-refractivity contribution >= 4 is 39.0 Å². The highest BCUT2D eigenvalue weighted by Crippen LogP contribution is 2.34. The van der Waals surface area contributed by atoms with Gasteiger partial charge in [0.25, 0.3) is 0 Å². The number of thiophene rings is 1. The summed E-state index contributed by atoms with van der Waals surface area (Å²) in [7, 11) is 0. The summed E-state index contributed by atoms with van der Waals surface area (Å²) in [6.45, 7) is 4.12. The van der Waals surface area contributed by atoms with E-state index in [9.17, 15) is 5.11 Å². The van der Waals surface area contributed by atoms with Crippen molar-refractivity contribution in [2.45, 2.75) is 32.9 Å². The van der Waals surface area contributed by atoms with Gasteiger partial charge in [-0.3, -0.25) is 20.1 Å². The second-order valence-corrected chi connectivity index (χ2v) is 9.94. The second-order valence-electron chi connectivity index (χ2n) is 8.65. The van der Waals surface area contributed by atoms with Crippen molar-refractivity contribution in [2.24, 2.45) is 0 Å². The van der Waals surface area contributed by atoms with E-state index in [-0.39, 0.29) is 0 Å². The van der Waals surface area contributed by atoms with Gasteiger partial charge in [-0.2, -0.15) is 5.10 Å². The van der Waals surface area contributed by atoms with E-state index < -0.39 is 6.23 Å². The van der Waals surface area contributed by atoms with Gasteiger partial charge in [0.1, 0.15) is 23.1 Å². The molecule has 36 heavy (non-hydrogen) atoms. The molecule has 9 nitrogen and oxygen atoms in total. The van der Waals surface area contributed by atoms with Gasteiger partial charge in [0.2, 0.25) is 0 Å². The minimum atomic E-state index is -0.617. The van der Waals surface area contributed by atoms with Gasteiger partial charge in [-0.05, 0) is 43.7 Å². The van der Waals surface area contributed by atoms with Crippen LogP contribution in [-0.2, 0) is 0 Å². The SMILES string of the molecule is CCCC(O)Nc1cncc(-c2cc3c(-c4nc5c(-c6ccc(C)s6)nccc5[nH]4)n[nH]c3cn2)c1. The number of aryl methyl sites for hydroxylation is 1. The van der Waals surface area contributed by atoms with E-state index in [4.69, 9.17) is 4.98 Å². The maximum absolute atomic E-state index is 10.1. The maximum Gasteiger partial charge on any atom is 0.159 e. The number of aromatic amines is 2. The molecule has 10 heteroatoms. The Hall–Kier alpha value is -4.15. The Bertz CT molecular complexity index is 1680. The molecule has 0 radical (unpaired) electrons. The lowest BCUT2D eigenvalue weighted by molar-refractivity contribution is 0.192. The Kier molecular flexibility index (Phi) is 5.67. The van der Waals surface area contributed by atoms with Crippen molar-refractivity contribution in [1.82, 2.24) is 35.1 Å². The lowest BCUT2D eigenvalue weighted by Crippen LogP contribution is -2.18. The molecule has 0 bridgehead atoms. The van der Waals surface area contributed by atoms with E-state index in [1.165, 1.54) is 4.88 Å². The van der Waals surface area contributed by atoms with E-state index in [1.54, 1.807) is 36.1 Å². The number of aromatic nitrogens is 7. The number of aliphatic hydroxyl groups is 1. The average Bonchev–Trinajstić information content (AvgIpc) is 3.61. The zero-order valence-corrected chi connectivity index (χ0v) is 20.6. The molecule has 0 aliphatic heterocycles. The zero-order chi connectivity index (χ0) is 24.6. The van der Waals surface area contributed by atoms with E-state index in [1.807, 2.05) is 25.1 Å². The van der Waals surface area contributed by atoms with Crippen LogP contribution in [0, 0.1) is 6.92 Å². The molecule has 0 spiro atoms. The summed E-state index contributed by atoms with van der Waals surface area (Å²) >= 11 is 1.70. The van der Waals surface area contributed by atoms with Crippen molar-refractivity contribution in [3.8, 4) is 33.3 Å². The van der Waals surface area contributed by atoms with E-state index in [0.717, 1.165) is 55.9 Å². The molecule has 6 rings (SSSR count). The predicted octanol–water partition coefficient (Wildman–Crippen LogP) is 5.53. The zero-order valence-electron chi connectivity index (χ0n) is 19.8. The summed E-state index contributed by atoms with van der Waals surface area (Å²) in [4.78, 5) is 24.1. The number of imidazole rings is 1. The maximum atomic E-state index is 10.1. The minimum absolute atomic E-state index is 0.617. The van der Waals surface area contributed by atoms with Crippen LogP contribution >= 0.6 is 11.3 Å². The summed E-state index contributed by atoms with van der Waals surface area (Å²) in [6.07, 6.45) is 7.94. The fraction of sp³-hybridized carbons (Fsp3) is 0.192. The predicted molar refractivity (Wildman–Crippen MR) is 143 cm³/mol. The van der Waals surface area contributed by atoms with Gasteiger partial charge < -0.3 is 15.4 Å². The molecule has 0 saturated heterocycles. The number of fused-ring (bicyclic) bond motifs is 2. The first-order chi connectivity index (χ1) is 17.6. The largest absolute Gasteiger partial charge is 0.374 e. The topological polar surface area (TPSA) is 128 Å². The molecule has 0 amide bonds. The number of nitrogens with zero attached hydrogens (tertiary/aromatic N) is 5. The first kappa shape index (κ1) is 22.3. The van der Waals surface area contributed by atoms with Crippen LogP contribution in [0.2, 0.25) is 0 Å². The lowest BCUT2D eigenvalue weighted by atomic mass is 10.1. The number of anilines is 1. The summed E-state index contributed by atoms with van der Waals surface area (Å²) in [5.74, 6) is 0.659. The molecule has 180 valence electrons. The highest BCUT2D eigenvalue weighted by molar-refractivity contribution is 7.15. The highest BCUT2D eigenvalue weighted by atomic mass is 32.1. The highest BCUT2D eigenvalue weighted by Gasteiger charge is 2.17. The van der Waals surface area contributed by atoms with Crippen LogP contribution in [0.3, 0.4) is 0 Å². The summed E-state index contributed by atoms with van der Waals surface area (Å²) in [5.41, 5.74) is 6.41. The Morgan fingerprint density at radius 2 is 1.97 bits per heavy atom. The molecule has 6 heterocycles. The third-order valence-corrected chi connectivity index (χ3v) is 6.98. The Morgan fingerprint density at radius 3 is 2.81 bits per heavy atom. The monoisotopic (exact) mass is 496 g/mol. The first-order valence-corrected chi connectivity index (χ1v) is 12.6. The lowest BCUT2D eigenvalue weighted by Gasteiger charge is -2.13. The summed E-state index contributed by atoms with van der Waals surface area (Å²) < 4.78 is 0. The normalized spacial score (nSPS) is 12.4. The van der Waals surface area contributed by atoms with Gasteiger partial charge in [-0.15, -0.1) is 11.3 Å². The smallest absolute Gasteiger partial charge is 0.159 e. The summed E-state index contributed by atoms with van der Waals surface area (Å²) in [5, 5.41) is 21.7. The number of pyridine rings is 3. The molecule has 0 aromatic carbocycles. The van der Waals surface area contributed by atoms with Crippen LogP contribution in [0.5, 0.6) is 0 Å². The molecule has 0 aliphatic rings. The van der Waals surface area contributed by atoms with Crippen LogP contribution in [-0.4, -0.2) is 46.5 Å². The van der Waals surface area contributed by atoms with Gasteiger partial charge in [0, 0.05) is 28.2 Å². The first-order valence-electron chi connectivity index (χ1n) is 11.7. The molecule has 4 N–H and O–H groups in total. The fourth-order valence-electron chi connectivity index (χ4n) is 4.24. The molecule has 1 unspecified atom stereocenters. The number of rotatable bonds is 7. The standard InChI is InChI=1S/C26H24N8OS/c1-3-4-22(35)30-16-9-15(11-27-12-16)19-10-17-20(13-29-19)33-34-23(17)26-31-18-7-8-28-25(24(18)32-26)21-6-5-14(2)36-21/h5-13,22,30,35H,3-4H2,1-2H3,(H,31,32)(H,33,34). The van der Waals surface area contributed by atoms with Gasteiger partial charge in [0.05, 0.1) is 39.7 Å². The number of aliphatic hydroxyl groups excluding tert-OH is 1. The number of H-pyrrole nitrogens is 2. The van der Waals surface area contributed by atoms with Gasteiger partial charge in [0.15, 0.2) is 5.82 Å². The quantitative estimate of drug-likeness (QED) is 0.214. The second kappa shape index (κ2) is 9.14. The van der Waals surface area contributed by atoms with Crippen LogP contribution < -0.4 is 5.32 Å². The Balaban J connectivity index is 1.40. The number of nitrogens with one attached hydrogen (secondary N) is 3. The molecule has 0 fully saturated rings. The Morgan fingerprint density at radius 1 is 1.06 bits per heavy atom. The number of hydrogen-bond acceptors (Lipinski definition) is 8. The third-order valence-electron chi connectivity index (χ3n) is 5.98. The number of hydrogen-bond donors (Lipinski definition) is 4. The van der Waals surface area contributed by atoms with Gasteiger partial charge in [-0.25, -0.2) is 4.98 Å². The van der Waals surface area contributed by atoms with Crippen LogP contribution in [0.25, 0.3) is 55.3 Å². The molecular weight excluding hydrogens is 472 g/mol. The Labute approximate surface area is 210 Å². The van der Waals surface area contributed by atoms with Crippen LogP contribution in [0.4, 0.5) is 5.69 Å². The summed E-state index contributed by atoms with van der Waals surface area (Å²) in [6, 6.07) is 10.0. The molecule has 0 saturated carbocycles. The van der Waals surface area contributed by atoms with Gasteiger partial charge in [-0.1, -0.05) is 13.3 Å². The van der Waals surface area contributed by atoms with Gasteiger partial charge >= 0.3 is 0 Å². The van der Waals surface area contributed by atoms with Crippen LogP contribution in [0.1, 0.15) is 24.6 Å². The molecule has 0 aliphatic carbocycles. The molecule has 6 aromatic rings. The molecule has 1 atom stereocenters. The third kappa shape index (κ3) is 4.10. The van der Waals surface area contributed by atoms with Crippen LogP contribution in [0.15, 0.2) is 55.1 Å². The van der Waals surface area contributed by atoms with Crippen molar-refractivity contribution in [3.05, 3.63) is 60.0 Å². The fourth-order valence-corrected chi connectivity index (χ4v) is 5.11. The van der Waals surface area contributed by atoms with Crippen molar-refractivity contribution in [3.63, 3.8) is 0 Å². The van der Waals surface area contributed by atoms with E-state index in [0.29, 0.717) is 17.9 Å². The minimum Gasteiger partial charge on any atom is -0.374 e. The molecule has 6 aromatic heterocycles. The van der Waals surface area contributed by atoms with Crippen molar-refractivity contribution < 1.29 is 5.11 Å². The average molecular weight is 497 g/mol. The van der Waals surface area contributed by atoms with E-state index in [2.05, 4.69) is 54.5 Å². The van der Waals surface area contributed by atoms with E-state index >= 15 is 0 Å². The van der Waals surface area contributed by atoms with Crippen molar-refractivity contribution in [2.75, 3.05) is 5.32 Å².